The zero-order chi connectivity index (χ0) is 22.5. The zero-order valence-corrected chi connectivity index (χ0v) is 19.8. The van der Waals surface area contributed by atoms with Crippen LogP contribution in [-0.4, -0.2) is 32.8 Å². The topological polar surface area (TPSA) is 45.7 Å². The maximum atomic E-state index is 13.4. The summed E-state index contributed by atoms with van der Waals surface area (Å²) in [7, 11) is 1.51. The molecule has 1 saturated heterocycles. The Bertz CT molecular complexity index is 913. The lowest BCUT2D eigenvalue weighted by atomic mass is 9.74. The lowest BCUT2D eigenvalue weighted by molar-refractivity contribution is -0.138. The average molecular weight is 569 g/mol. The maximum absolute atomic E-state index is 13.4. The SMILES string of the molecule is CN=C(NCc1ccc(F)cc1C(F)(F)F)NCC1(c2ccc(F)cc2)CCOCC1.I. The average Bonchev–Trinajstić information content (AvgIpc) is 2.75. The molecule has 1 fully saturated rings. The minimum atomic E-state index is -4.66. The number of nitrogens with zero attached hydrogens (tertiary/aromatic N) is 1. The third-order valence-electron chi connectivity index (χ3n) is 5.55. The van der Waals surface area contributed by atoms with Crippen LogP contribution in [0.15, 0.2) is 47.5 Å². The maximum Gasteiger partial charge on any atom is 0.416 e. The van der Waals surface area contributed by atoms with E-state index in [1.807, 2.05) is 0 Å². The molecular weight excluding hydrogens is 544 g/mol. The van der Waals surface area contributed by atoms with Gasteiger partial charge in [0.2, 0.25) is 0 Å². The van der Waals surface area contributed by atoms with Gasteiger partial charge in [-0.1, -0.05) is 18.2 Å². The van der Waals surface area contributed by atoms with Crippen LogP contribution in [0.1, 0.15) is 29.5 Å². The molecule has 0 unspecified atom stereocenters. The highest BCUT2D eigenvalue weighted by molar-refractivity contribution is 14.0. The molecule has 32 heavy (non-hydrogen) atoms. The Kier molecular flexibility index (Phi) is 9.26. The molecule has 0 atom stereocenters. The molecule has 1 aliphatic heterocycles. The molecule has 0 radical (unpaired) electrons. The molecule has 2 aromatic carbocycles. The van der Waals surface area contributed by atoms with E-state index in [2.05, 4.69) is 15.6 Å². The van der Waals surface area contributed by atoms with Crippen molar-refractivity contribution >= 4 is 29.9 Å². The fourth-order valence-electron chi connectivity index (χ4n) is 3.75. The summed E-state index contributed by atoms with van der Waals surface area (Å²) in [5.41, 5.74) is -0.479. The summed E-state index contributed by atoms with van der Waals surface area (Å²) in [6, 6.07) is 8.89. The van der Waals surface area contributed by atoms with Crippen LogP contribution in [-0.2, 0) is 22.9 Å². The minimum Gasteiger partial charge on any atom is -0.381 e. The number of hydrogen-bond acceptors (Lipinski definition) is 2. The van der Waals surface area contributed by atoms with Gasteiger partial charge in [0, 0.05) is 38.8 Å². The quantitative estimate of drug-likeness (QED) is 0.230. The van der Waals surface area contributed by atoms with Crippen LogP contribution in [0.3, 0.4) is 0 Å². The first-order chi connectivity index (χ1) is 14.7. The Morgan fingerprint density at radius 1 is 1.00 bits per heavy atom. The lowest BCUT2D eigenvalue weighted by Crippen LogP contribution is -2.48. The van der Waals surface area contributed by atoms with Gasteiger partial charge in [-0.15, -0.1) is 24.0 Å². The summed E-state index contributed by atoms with van der Waals surface area (Å²) in [5, 5.41) is 6.03. The molecule has 10 heteroatoms. The van der Waals surface area contributed by atoms with Crippen molar-refractivity contribution in [2.75, 3.05) is 26.8 Å². The zero-order valence-electron chi connectivity index (χ0n) is 17.4. The van der Waals surface area contributed by atoms with E-state index >= 15 is 0 Å². The third kappa shape index (κ3) is 6.53. The van der Waals surface area contributed by atoms with Crippen LogP contribution in [0.25, 0.3) is 0 Å². The van der Waals surface area contributed by atoms with E-state index < -0.39 is 17.6 Å². The second-order valence-electron chi connectivity index (χ2n) is 7.48. The molecule has 2 N–H and O–H groups in total. The highest BCUT2D eigenvalue weighted by Crippen LogP contribution is 2.35. The molecule has 0 amide bonds. The van der Waals surface area contributed by atoms with E-state index in [1.165, 1.54) is 19.2 Å². The summed E-state index contributed by atoms with van der Waals surface area (Å²) in [6.45, 7) is 1.36. The molecule has 0 bridgehead atoms. The fraction of sp³-hybridized carbons (Fsp3) is 0.409. The monoisotopic (exact) mass is 569 g/mol. The summed E-state index contributed by atoms with van der Waals surface area (Å²) in [4.78, 5) is 4.08. The number of nitrogens with one attached hydrogen (secondary N) is 2. The van der Waals surface area contributed by atoms with Crippen molar-refractivity contribution in [1.29, 1.82) is 0 Å². The molecule has 1 heterocycles. The minimum absolute atomic E-state index is 0. The number of aliphatic imine (C=N–C) groups is 1. The molecule has 3 rings (SSSR count). The number of benzene rings is 2. The van der Waals surface area contributed by atoms with Gasteiger partial charge in [0.1, 0.15) is 11.6 Å². The van der Waals surface area contributed by atoms with Crippen molar-refractivity contribution in [2.24, 2.45) is 4.99 Å². The van der Waals surface area contributed by atoms with Gasteiger partial charge in [-0.05, 0) is 48.2 Å². The van der Waals surface area contributed by atoms with Crippen molar-refractivity contribution in [3.63, 3.8) is 0 Å². The predicted molar refractivity (Wildman–Crippen MR) is 123 cm³/mol. The normalized spacial score (nSPS) is 16.2. The van der Waals surface area contributed by atoms with Crippen LogP contribution in [0.2, 0.25) is 0 Å². The molecule has 1 aliphatic rings. The van der Waals surface area contributed by atoms with E-state index in [4.69, 9.17) is 4.74 Å². The van der Waals surface area contributed by atoms with E-state index in [0.29, 0.717) is 44.6 Å². The van der Waals surface area contributed by atoms with Crippen molar-refractivity contribution in [3.8, 4) is 0 Å². The van der Waals surface area contributed by atoms with Gasteiger partial charge in [0.05, 0.1) is 5.56 Å². The predicted octanol–water partition coefficient (Wildman–Crippen LogP) is 5.02. The van der Waals surface area contributed by atoms with E-state index in [0.717, 1.165) is 17.7 Å². The molecule has 0 spiro atoms. The van der Waals surface area contributed by atoms with Gasteiger partial charge in [0.25, 0.3) is 0 Å². The first-order valence-electron chi connectivity index (χ1n) is 9.87. The van der Waals surface area contributed by atoms with Gasteiger partial charge in [-0.25, -0.2) is 8.78 Å². The molecular formula is C22H25F5IN3O. The first-order valence-corrected chi connectivity index (χ1v) is 9.87. The Hall–Kier alpha value is -1.95. The number of hydrogen-bond donors (Lipinski definition) is 2. The van der Waals surface area contributed by atoms with Crippen LogP contribution >= 0.6 is 24.0 Å². The highest BCUT2D eigenvalue weighted by atomic mass is 127. The van der Waals surface area contributed by atoms with Crippen LogP contribution in [0.5, 0.6) is 0 Å². The van der Waals surface area contributed by atoms with E-state index in [-0.39, 0.29) is 47.3 Å². The molecule has 0 saturated carbocycles. The standard InChI is InChI=1S/C22H24F5N3O.HI/c1-28-20(29-13-15-2-5-18(24)12-19(15)22(25,26)27)30-14-21(8-10-31-11-9-21)16-3-6-17(23)7-4-16;/h2-7,12H,8-11,13-14H2,1H3,(H2,28,29,30);1H. The number of alkyl halides is 3. The van der Waals surface area contributed by atoms with Gasteiger partial charge >= 0.3 is 6.18 Å². The van der Waals surface area contributed by atoms with Gasteiger partial charge in [-0.3, -0.25) is 4.99 Å². The van der Waals surface area contributed by atoms with Gasteiger partial charge in [-0.2, -0.15) is 13.2 Å². The largest absolute Gasteiger partial charge is 0.416 e. The van der Waals surface area contributed by atoms with Gasteiger partial charge in [0.15, 0.2) is 5.96 Å². The van der Waals surface area contributed by atoms with Crippen LogP contribution in [0, 0.1) is 11.6 Å². The first kappa shape index (κ1) is 26.3. The Morgan fingerprint density at radius 3 is 2.22 bits per heavy atom. The summed E-state index contributed by atoms with van der Waals surface area (Å²) in [5.74, 6) is -0.957. The molecule has 176 valence electrons. The second kappa shape index (κ2) is 11.3. The number of rotatable bonds is 5. The fourth-order valence-corrected chi connectivity index (χ4v) is 3.75. The van der Waals surface area contributed by atoms with Crippen molar-refractivity contribution < 1.29 is 26.7 Å². The van der Waals surface area contributed by atoms with Crippen molar-refractivity contribution in [1.82, 2.24) is 10.6 Å². The summed E-state index contributed by atoms with van der Waals surface area (Å²) in [6.07, 6.45) is -3.25. The lowest BCUT2D eigenvalue weighted by Gasteiger charge is -2.38. The van der Waals surface area contributed by atoms with Crippen molar-refractivity contribution in [2.45, 2.75) is 31.0 Å². The Balaban J connectivity index is 0.00000363. The summed E-state index contributed by atoms with van der Waals surface area (Å²) >= 11 is 0. The number of guanidine groups is 1. The molecule has 2 aromatic rings. The van der Waals surface area contributed by atoms with Crippen LogP contribution in [0.4, 0.5) is 22.0 Å². The smallest absolute Gasteiger partial charge is 0.381 e. The highest BCUT2D eigenvalue weighted by Gasteiger charge is 2.35. The Labute approximate surface area is 200 Å². The Morgan fingerprint density at radius 2 is 1.62 bits per heavy atom. The number of halogens is 6. The molecule has 0 aliphatic carbocycles. The third-order valence-corrected chi connectivity index (χ3v) is 5.55. The van der Waals surface area contributed by atoms with E-state index in [1.54, 1.807) is 12.1 Å². The summed E-state index contributed by atoms with van der Waals surface area (Å²) < 4.78 is 71.8. The van der Waals surface area contributed by atoms with E-state index in [9.17, 15) is 22.0 Å². The number of ether oxygens (including phenoxy) is 1. The van der Waals surface area contributed by atoms with Gasteiger partial charge < -0.3 is 15.4 Å². The molecule has 4 nitrogen and oxygen atoms in total. The van der Waals surface area contributed by atoms with Crippen molar-refractivity contribution in [3.05, 3.63) is 70.8 Å². The van der Waals surface area contributed by atoms with Crippen LogP contribution < -0.4 is 10.6 Å². The second-order valence-corrected chi connectivity index (χ2v) is 7.48. The molecule has 0 aromatic heterocycles.